The maximum Gasteiger partial charge on any atom is 0.408 e. The molecule has 0 radical (unpaired) electrons. The molecule has 1 heterocycles. The summed E-state index contributed by atoms with van der Waals surface area (Å²) in [7, 11) is 0. The largest absolute Gasteiger partial charge is 0.465 e. The van der Waals surface area contributed by atoms with Crippen molar-refractivity contribution in [2.45, 2.75) is 56.5 Å². The summed E-state index contributed by atoms with van der Waals surface area (Å²) in [6.07, 6.45) is 0.556. The molecule has 0 bridgehead atoms. The van der Waals surface area contributed by atoms with Crippen molar-refractivity contribution < 1.29 is 24.2 Å². The van der Waals surface area contributed by atoms with E-state index in [9.17, 15) is 14.4 Å². The van der Waals surface area contributed by atoms with Gasteiger partial charge in [0, 0.05) is 24.7 Å². The van der Waals surface area contributed by atoms with Crippen molar-refractivity contribution in [2.24, 2.45) is 5.73 Å². The highest BCUT2D eigenvalue weighted by atomic mass is 16.5. The predicted octanol–water partition coefficient (Wildman–Crippen LogP) is 1.03. The van der Waals surface area contributed by atoms with E-state index in [1.54, 1.807) is 4.90 Å². The molecule has 0 unspecified atom stereocenters. The van der Waals surface area contributed by atoms with Crippen LogP contribution in [0.4, 0.5) is 9.59 Å². The van der Waals surface area contributed by atoms with Crippen LogP contribution in [0.25, 0.3) is 0 Å². The van der Waals surface area contributed by atoms with Crippen LogP contribution in [0.5, 0.6) is 0 Å². The van der Waals surface area contributed by atoms with Crippen LogP contribution in [0, 0.1) is 0 Å². The normalized spacial score (nSPS) is 27.3. The second-order valence-corrected chi connectivity index (χ2v) is 7.27. The summed E-state index contributed by atoms with van der Waals surface area (Å²) >= 11 is 0. The van der Waals surface area contributed by atoms with Gasteiger partial charge in [0.25, 0.3) is 0 Å². The van der Waals surface area contributed by atoms with Crippen molar-refractivity contribution in [3.05, 3.63) is 35.9 Å². The van der Waals surface area contributed by atoms with Crippen molar-refractivity contribution in [3.63, 3.8) is 0 Å². The molecule has 5 N–H and O–H groups in total. The van der Waals surface area contributed by atoms with E-state index in [-0.39, 0.29) is 30.6 Å². The quantitative estimate of drug-likeness (QED) is 0.593. The Morgan fingerprint density at radius 1 is 1.18 bits per heavy atom. The SMILES string of the molecule is N[C@@H]1C[C@H](NC(=O)O)CC[C@@H]1N1CC[C@H](NC(=O)OCc2ccccc2)C1=O. The number of alkyl carbamates (subject to hydrolysis) is 1. The Morgan fingerprint density at radius 3 is 2.61 bits per heavy atom. The molecule has 1 saturated carbocycles. The third-order valence-corrected chi connectivity index (χ3v) is 5.33. The van der Waals surface area contributed by atoms with Crippen LogP contribution in [0.1, 0.15) is 31.2 Å². The Labute approximate surface area is 163 Å². The number of carbonyl (C=O) groups is 3. The Balaban J connectivity index is 1.48. The number of hydrogen-bond donors (Lipinski definition) is 4. The van der Waals surface area contributed by atoms with E-state index in [1.807, 2.05) is 30.3 Å². The summed E-state index contributed by atoms with van der Waals surface area (Å²) in [5, 5.41) is 13.9. The zero-order valence-corrected chi connectivity index (χ0v) is 15.5. The molecule has 1 aliphatic heterocycles. The molecule has 3 amide bonds. The van der Waals surface area contributed by atoms with Crippen LogP contribution in [-0.4, -0.2) is 58.8 Å². The fraction of sp³-hybridized carbons (Fsp3) is 0.526. The van der Waals surface area contributed by atoms with E-state index in [0.717, 1.165) is 5.56 Å². The minimum atomic E-state index is -1.06. The van der Waals surface area contributed by atoms with Crippen LogP contribution >= 0.6 is 0 Å². The molecular weight excluding hydrogens is 364 g/mol. The molecule has 2 fully saturated rings. The second-order valence-electron chi connectivity index (χ2n) is 7.27. The summed E-state index contributed by atoms with van der Waals surface area (Å²) in [5.74, 6) is -0.165. The minimum absolute atomic E-state index is 0.142. The molecule has 2 aliphatic rings. The smallest absolute Gasteiger partial charge is 0.408 e. The molecule has 4 atom stereocenters. The van der Waals surface area contributed by atoms with Gasteiger partial charge in [-0.3, -0.25) is 4.79 Å². The number of nitrogens with one attached hydrogen (secondary N) is 2. The molecule has 28 heavy (non-hydrogen) atoms. The van der Waals surface area contributed by atoms with Gasteiger partial charge in [0.2, 0.25) is 5.91 Å². The molecule has 0 aromatic heterocycles. The molecule has 1 aromatic rings. The molecule has 152 valence electrons. The number of amides is 3. The van der Waals surface area contributed by atoms with Gasteiger partial charge in [-0.2, -0.15) is 0 Å². The third kappa shape index (κ3) is 4.92. The first-order chi connectivity index (χ1) is 13.4. The highest BCUT2D eigenvalue weighted by Crippen LogP contribution is 2.26. The summed E-state index contributed by atoms with van der Waals surface area (Å²) in [6.45, 7) is 0.653. The molecule has 1 aromatic carbocycles. The lowest BCUT2D eigenvalue weighted by Gasteiger charge is -2.39. The van der Waals surface area contributed by atoms with Crippen molar-refractivity contribution in [2.75, 3.05) is 6.54 Å². The first-order valence-corrected chi connectivity index (χ1v) is 9.46. The standard InChI is InChI=1S/C19H26N4O5/c20-14-10-13(21-18(25)26)6-7-16(14)23-9-8-15(17(23)24)22-19(27)28-11-12-4-2-1-3-5-12/h1-5,13-16,21H,6-11,20H2,(H,22,27)(H,25,26)/t13-,14-,15+,16+/m1/s1. The molecular formula is C19H26N4O5. The zero-order valence-electron chi connectivity index (χ0n) is 15.5. The van der Waals surface area contributed by atoms with E-state index in [4.69, 9.17) is 15.6 Å². The lowest BCUT2D eigenvalue weighted by Crippen LogP contribution is -2.56. The minimum Gasteiger partial charge on any atom is -0.465 e. The maximum absolute atomic E-state index is 12.7. The maximum atomic E-state index is 12.7. The van der Waals surface area contributed by atoms with Crippen molar-refractivity contribution in [3.8, 4) is 0 Å². The molecule has 9 heteroatoms. The van der Waals surface area contributed by atoms with Gasteiger partial charge < -0.3 is 31.1 Å². The topological polar surface area (TPSA) is 134 Å². The molecule has 1 aliphatic carbocycles. The van der Waals surface area contributed by atoms with E-state index in [2.05, 4.69) is 10.6 Å². The van der Waals surface area contributed by atoms with Gasteiger partial charge in [-0.05, 0) is 31.2 Å². The van der Waals surface area contributed by atoms with Gasteiger partial charge in [0.1, 0.15) is 12.6 Å². The zero-order chi connectivity index (χ0) is 20.1. The number of likely N-dealkylation sites (tertiary alicyclic amines) is 1. The van der Waals surface area contributed by atoms with Gasteiger partial charge in [-0.1, -0.05) is 30.3 Å². The Kier molecular flexibility index (Phi) is 6.35. The van der Waals surface area contributed by atoms with Crippen molar-refractivity contribution in [1.82, 2.24) is 15.5 Å². The fourth-order valence-corrected chi connectivity index (χ4v) is 3.95. The van der Waals surface area contributed by atoms with E-state index >= 15 is 0 Å². The van der Waals surface area contributed by atoms with E-state index in [1.165, 1.54) is 0 Å². The summed E-state index contributed by atoms with van der Waals surface area (Å²) in [5.41, 5.74) is 7.08. The number of nitrogens with two attached hydrogens (primary N) is 1. The van der Waals surface area contributed by atoms with Crippen LogP contribution in [-0.2, 0) is 16.1 Å². The number of hydrogen-bond acceptors (Lipinski definition) is 5. The number of benzene rings is 1. The highest BCUT2D eigenvalue weighted by molar-refractivity contribution is 5.87. The number of rotatable bonds is 5. The van der Waals surface area contributed by atoms with Crippen LogP contribution < -0.4 is 16.4 Å². The average Bonchev–Trinajstić information content (AvgIpc) is 3.01. The second kappa shape index (κ2) is 8.92. The summed E-state index contributed by atoms with van der Waals surface area (Å²) in [4.78, 5) is 37.2. The number of carboxylic acid groups (broad SMARTS) is 1. The number of carbonyl (C=O) groups excluding carboxylic acids is 2. The fourth-order valence-electron chi connectivity index (χ4n) is 3.95. The average molecular weight is 390 g/mol. The number of nitrogens with zero attached hydrogens (tertiary/aromatic N) is 1. The van der Waals surface area contributed by atoms with Gasteiger partial charge >= 0.3 is 12.2 Å². The lowest BCUT2D eigenvalue weighted by molar-refractivity contribution is -0.132. The van der Waals surface area contributed by atoms with E-state index < -0.39 is 18.2 Å². The third-order valence-electron chi connectivity index (χ3n) is 5.33. The van der Waals surface area contributed by atoms with Gasteiger partial charge in [0.05, 0.1) is 0 Å². The monoisotopic (exact) mass is 390 g/mol. The Morgan fingerprint density at radius 2 is 1.93 bits per heavy atom. The summed E-state index contributed by atoms with van der Waals surface area (Å²) in [6, 6.07) is 8.04. The van der Waals surface area contributed by atoms with Crippen molar-refractivity contribution in [1.29, 1.82) is 0 Å². The Bertz CT molecular complexity index is 714. The first kappa shape index (κ1) is 19.9. The van der Waals surface area contributed by atoms with E-state index in [0.29, 0.717) is 32.2 Å². The predicted molar refractivity (Wildman–Crippen MR) is 100 cm³/mol. The molecule has 0 spiro atoms. The van der Waals surface area contributed by atoms with Gasteiger partial charge in [-0.25, -0.2) is 9.59 Å². The highest BCUT2D eigenvalue weighted by Gasteiger charge is 2.41. The Hall–Kier alpha value is -2.81. The van der Waals surface area contributed by atoms with Crippen LogP contribution in [0.3, 0.4) is 0 Å². The molecule has 1 saturated heterocycles. The molecule has 3 rings (SSSR count). The van der Waals surface area contributed by atoms with Crippen LogP contribution in [0.2, 0.25) is 0 Å². The van der Waals surface area contributed by atoms with Crippen LogP contribution in [0.15, 0.2) is 30.3 Å². The first-order valence-electron chi connectivity index (χ1n) is 9.46. The summed E-state index contributed by atoms with van der Waals surface area (Å²) < 4.78 is 5.18. The van der Waals surface area contributed by atoms with Gasteiger partial charge in [-0.15, -0.1) is 0 Å². The lowest BCUT2D eigenvalue weighted by atomic mass is 9.86. The molecule has 9 nitrogen and oxygen atoms in total. The van der Waals surface area contributed by atoms with Gasteiger partial charge in [0.15, 0.2) is 0 Å². The number of ether oxygens (including phenoxy) is 1. The van der Waals surface area contributed by atoms with Crippen molar-refractivity contribution >= 4 is 18.1 Å².